The standard InChI is InChI=1S/C20H29N3O3S/c1-13(17-2-4-18(5-3-17)27(21,25)26)23-19(24)12-22-20-9-14-6-15(10-20)8-16(7-14)11-20/h2-5,13-16,22H,6-12H2,1H3,(H,23,24)(H2,21,25,26)/t13-,14?,15?,16?,20?/m1/s1. The zero-order valence-corrected chi connectivity index (χ0v) is 16.6. The third-order valence-corrected chi connectivity index (χ3v) is 7.68. The maximum atomic E-state index is 12.5. The van der Waals surface area contributed by atoms with Gasteiger partial charge in [0, 0.05) is 5.54 Å². The lowest BCUT2D eigenvalue weighted by molar-refractivity contribution is -0.122. The lowest BCUT2D eigenvalue weighted by Crippen LogP contribution is -2.59. The van der Waals surface area contributed by atoms with Crippen LogP contribution in [0.2, 0.25) is 0 Å². The Morgan fingerprint density at radius 3 is 2.11 bits per heavy atom. The molecular formula is C20H29N3O3S. The van der Waals surface area contributed by atoms with Gasteiger partial charge in [0.1, 0.15) is 0 Å². The van der Waals surface area contributed by atoms with E-state index in [1.807, 2.05) is 6.92 Å². The van der Waals surface area contributed by atoms with Gasteiger partial charge in [-0.05, 0) is 80.9 Å². The molecule has 4 aliphatic rings. The van der Waals surface area contributed by atoms with Crippen molar-refractivity contribution in [3.8, 4) is 0 Å². The maximum absolute atomic E-state index is 12.5. The molecule has 1 aromatic carbocycles. The van der Waals surface area contributed by atoms with E-state index >= 15 is 0 Å². The molecule has 0 aliphatic heterocycles. The average molecular weight is 392 g/mol. The van der Waals surface area contributed by atoms with Crippen LogP contribution in [0.1, 0.15) is 57.1 Å². The fourth-order valence-electron chi connectivity index (χ4n) is 5.92. The molecule has 4 saturated carbocycles. The zero-order chi connectivity index (χ0) is 19.2. The van der Waals surface area contributed by atoms with Crippen LogP contribution >= 0.6 is 0 Å². The van der Waals surface area contributed by atoms with Gasteiger partial charge in [0.05, 0.1) is 17.5 Å². The van der Waals surface area contributed by atoms with Crippen molar-refractivity contribution in [3.05, 3.63) is 29.8 Å². The van der Waals surface area contributed by atoms with Crippen molar-refractivity contribution in [1.29, 1.82) is 0 Å². The van der Waals surface area contributed by atoms with Gasteiger partial charge in [-0.25, -0.2) is 13.6 Å². The van der Waals surface area contributed by atoms with Crippen LogP contribution in [0.3, 0.4) is 0 Å². The van der Waals surface area contributed by atoms with E-state index < -0.39 is 10.0 Å². The number of primary sulfonamides is 1. The fraction of sp³-hybridized carbons (Fsp3) is 0.650. The van der Waals surface area contributed by atoms with Crippen molar-refractivity contribution in [2.45, 2.75) is 61.9 Å². The van der Waals surface area contributed by atoms with Crippen LogP contribution in [0.5, 0.6) is 0 Å². The molecule has 4 bridgehead atoms. The number of amides is 1. The van der Waals surface area contributed by atoms with Gasteiger partial charge in [-0.1, -0.05) is 12.1 Å². The van der Waals surface area contributed by atoms with E-state index in [0.29, 0.717) is 6.54 Å². The number of carbonyl (C=O) groups excluding carboxylic acids is 1. The first-order valence-corrected chi connectivity index (χ1v) is 11.4. The normalized spacial score (nSPS) is 33.0. The summed E-state index contributed by atoms with van der Waals surface area (Å²) in [6.07, 6.45) is 7.82. The number of nitrogens with one attached hydrogen (secondary N) is 2. The van der Waals surface area contributed by atoms with Crippen LogP contribution in [0.15, 0.2) is 29.2 Å². The molecule has 0 saturated heterocycles. The molecule has 1 amide bonds. The van der Waals surface area contributed by atoms with Gasteiger partial charge >= 0.3 is 0 Å². The minimum atomic E-state index is -3.70. The summed E-state index contributed by atoms with van der Waals surface area (Å²) in [5.74, 6) is 2.53. The Kier molecular flexibility index (Phi) is 4.81. The van der Waals surface area contributed by atoms with Crippen LogP contribution in [-0.4, -0.2) is 26.4 Å². The summed E-state index contributed by atoms with van der Waals surface area (Å²) in [6.45, 7) is 2.24. The number of hydrogen-bond donors (Lipinski definition) is 3. The molecule has 6 nitrogen and oxygen atoms in total. The van der Waals surface area contributed by atoms with E-state index in [4.69, 9.17) is 5.14 Å². The summed E-state index contributed by atoms with van der Waals surface area (Å²) in [5.41, 5.74) is 1.03. The van der Waals surface area contributed by atoms with E-state index in [1.165, 1.54) is 50.7 Å². The van der Waals surface area contributed by atoms with Crippen molar-refractivity contribution in [3.63, 3.8) is 0 Å². The third-order valence-electron chi connectivity index (χ3n) is 6.75. The molecule has 4 N–H and O–H groups in total. The lowest BCUT2D eigenvalue weighted by Gasteiger charge is -2.57. The Morgan fingerprint density at radius 1 is 1.11 bits per heavy atom. The molecule has 0 radical (unpaired) electrons. The van der Waals surface area contributed by atoms with Crippen LogP contribution in [0.4, 0.5) is 0 Å². The van der Waals surface area contributed by atoms with E-state index in [0.717, 1.165) is 23.3 Å². The van der Waals surface area contributed by atoms with Gasteiger partial charge in [-0.15, -0.1) is 0 Å². The van der Waals surface area contributed by atoms with Crippen LogP contribution in [0, 0.1) is 17.8 Å². The molecular weight excluding hydrogens is 362 g/mol. The molecule has 7 heteroatoms. The first kappa shape index (κ1) is 18.9. The first-order valence-electron chi connectivity index (χ1n) is 9.90. The van der Waals surface area contributed by atoms with Crippen molar-refractivity contribution < 1.29 is 13.2 Å². The quantitative estimate of drug-likeness (QED) is 0.691. The molecule has 148 valence electrons. The molecule has 4 fully saturated rings. The largest absolute Gasteiger partial charge is 0.348 e. The van der Waals surface area contributed by atoms with Gasteiger partial charge in [0.25, 0.3) is 0 Å². The van der Waals surface area contributed by atoms with E-state index in [9.17, 15) is 13.2 Å². The predicted molar refractivity (Wildman–Crippen MR) is 103 cm³/mol. The molecule has 0 heterocycles. The third kappa shape index (κ3) is 4.05. The van der Waals surface area contributed by atoms with Crippen molar-refractivity contribution in [2.75, 3.05) is 6.54 Å². The van der Waals surface area contributed by atoms with E-state index in [-0.39, 0.29) is 22.4 Å². The predicted octanol–water partition coefficient (Wildman–Crippen LogP) is 2.07. The van der Waals surface area contributed by atoms with Gasteiger partial charge in [0.2, 0.25) is 15.9 Å². The van der Waals surface area contributed by atoms with Gasteiger partial charge in [-0.3, -0.25) is 4.79 Å². The minimum Gasteiger partial charge on any atom is -0.348 e. The molecule has 0 aromatic heterocycles. The highest BCUT2D eigenvalue weighted by molar-refractivity contribution is 7.89. The number of carbonyl (C=O) groups is 1. The summed E-state index contributed by atoms with van der Waals surface area (Å²) in [4.78, 5) is 12.5. The monoisotopic (exact) mass is 391 g/mol. The summed E-state index contributed by atoms with van der Waals surface area (Å²) >= 11 is 0. The van der Waals surface area contributed by atoms with Crippen molar-refractivity contribution in [2.24, 2.45) is 22.9 Å². The highest BCUT2D eigenvalue weighted by Gasteiger charge is 2.50. The maximum Gasteiger partial charge on any atom is 0.238 e. The average Bonchev–Trinajstić information content (AvgIpc) is 2.58. The van der Waals surface area contributed by atoms with Crippen molar-refractivity contribution in [1.82, 2.24) is 10.6 Å². The summed E-state index contributed by atoms with van der Waals surface area (Å²) in [5, 5.41) is 11.7. The molecule has 4 aliphatic carbocycles. The number of nitrogens with two attached hydrogens (primary N) is 1. The minimum absolute atomic E-state index is 0.0197. The second-order valence-corrected chi connectivity index (χ2v) is 10.5. The Labute approximate surface area is 161 Å². The SMILES string of the molecule is C[C@@H](NC(=O)CNC12CC3CC(CC(C3)C1)C2)c1ccc(S(N)(=O)=O)cc1. The number of rotatable bonds is 6. The highest BCUT2D eigenvalue weighted by atomic mass is 32.2. The van der Waals surface area contributed by atoms with Crippen LogP contribution in [-0.2, 0) is 14.8 Å². The second kappa shape index (κ2) is 6.87. The van der Waals surface area contributed by atoms with E-state index in [2.05, 4.69) is 10.6 Å². The smallest absolute Gasteiger partial charge is 0.238 e. The Bertz CT molecular complexity index is 784. The van der Waals surface area contributed by atoms with Gasteiger partial charge in [-0.2, -0.15) is 0 Å². The summed E-state index contributed by atoms with van der Waals surface area (Å²) < 4.78 is 22.7. The number of sulfonamides is 1. The first-order chi connectivity index (χ1) is 12.7. The molecule has 5 rings (SSSR count). The number of benzene rings is 1. The molecule has 1 aromatic rings. The van der Waals surface area contributed by atoms with E-state index in [1.54, 1.807) is 12.1 Å². The molecule has 0 unspecified atom stereocenters. The Morgan fingerprint density at radius 2 is 1.63 bits per heavy atom. The van der Waals surface area contributed by atoms with Gasteiger partial charge in [0.15, 0.2) is 0 Å². The molecule has 1 atom stereocenters. The van der Waals surface area contributed by atoms with Crippen LogP contribution in [0.25, 0.3) is 0 Å². The molecule has 0 spiro atoms. The second-order valence-electron chi connectivity index (χ2n) is 8.95. The highest BCUT2D eigenvalue weighted by Crippen LogP contribution is 2.55. The lowest BCUT2D eigenvalue weighted by atomic mass is 9.53. The Balaban J connectivity index is 1.32. The van der Waals surface area contributed by atoms with Crippen molar-refractivity contribution >= 4 is 15.9 Å². The summed E-state index contributed by atoms with van der Waals surface area (Å²) in [7, 11) is -3.70. The summed E-state index contributed by atoms with van der Waals surface area (Å²) in [6, 6.07) is 6.14. The van der Waals surface area contributed by atoms with Gasteiger partial charge < -0.3 is 10.6 Å². The topological polar surface area (TPSA) is 101 Å². The molecule has 27 heavy (non-hydrogen) atoms. The number of hydrogen-bond acceptors (Lipinski definition) is 4. The zero-order valence-electron chi connectivity index (χ0n) is 15.8. The fourth-order valence-corrected chi connectivity index (χ4v) is 6.43. The van der Waals surface area contributed by atoms with Crippen LogP contribution < -0.4 is 15.8 Å². The Hall–Kier alpha value is -1.44.